The molecule has 4 N–H and O–H groups in total. The highest BCUT2D eigenvalue weighted by atomic mass is 16.3. The number of aromatic nitrogens is 2. The Morgan fingerprint density at radius 2 is 1.83 bits per heavy atom. The number of aliphatic hydroxyl groups is 1. The molecular formula is C18H20N4O2. The average molecular weight is 324 g/mol. The minimum Gasteiger partial charge on any atom is -0.392 e. The molecule has 2 aromatic carbocycles. The molecule has 0 spiro atoms. The van der Waals surface area contributed by atoms with E-state index in [-0.39, 0.29) is 21.0 Å². The van der Waals surface area contributed by atoms with Gasteiger partial charge in [0.1, 0.15) is 0 Å². The summed E-state index contributed by atoms with van der Waals surface area (Å²) in [5, 5.41) is 11.8. The van der Waals surface area contributed by atoms with Gasteiger partial charge in [-0.25, -0.2) is 9.97 Å². The zero-order valence-electron chi connectivity index (χ0n) is 12.8. The zero-order chi connectivity index (χ0) is 16.9. The summed E-state index contributed by atoms with van der Waals surface area (Å²) in [6.45, 7) is -0.0293. The number of nitrogens with one attached hydrogen (secondary N) is 1. The standard InChI is InChI=1S/C18H16N4O2.2H2/c19-17-16(18(24)21-14-4-2-1-3-5-14)22-15(10-20-17)13-8-6-12(11-23)7-9-13;;/h1-10,23H,11H2,(H2,19,20)(H,21,24);2*1H. The second-order valence-corrected chi connectivity index (χ2v) is 5.16. The van der Waals surface area contributed by atoms with Crippen molar-refractivity contribution in [1.82, 2.24) is 9.97 Å². The van der Waals surface area contributed by atoms with Crippen molar-refractivity contribution in [1.29, 1.82) is 0 Å². The lowest BCUT2D eigenvalue weighted by Crippen LogP contribution is -2.17. The molecule has 0 aliphatic carbocycles. The number of amides is 1. The number of aliphatic hydroxyl groups excluding tert-OH is 1. The van der Waals surface area contributed by atoms with Gasteiger partial charge in [0.05, 0.1) is 18.5 Å². The van der Waals surface area contributed by atoms with E-state index in [0.29, 0.717) is 11.4 Å². The van der Waals surface area contributed by atoms with Crippen LogP contribution >= 0.6 is 0 Å². The van der Waals surface area contributed by atoms with Gasteiger partial charge in [-0.2, -0.15) is 0 Å². The lowest BCUT2D eigenvalue weighted by molar-refractivity contribution is 0.102. The first-order chi connectivity index (χ1) is 11.7. The first-order valence-corrected chi connectivity index (χ1v) is 7.36. The summed E-state index contributed by atoms with van der Waals surface area (Å²) in [5.74, 6) is -0.348. The number of anilines is 2. The van der Waals surface area contributed by atoms with Gasteiger partial charge < -0.3 is 16.2 Å². The Kier molecular flexibility index (Phi) is 4.49. The molecule has 0 bridgehead atoms. The summed E-state index contributed by atoms with van der Waals surface area (Å²) < 4.78 is 0. The second kappa shape index (κ2) is 6.89. The van der Waals surface area contributed by atoms with Crippen molar-refractivity contribution in [2.75, 3.05) is 11.1 Å². The summed E-state index contributed by atoms with van der Waals surface area (Å²) in [7, 11) is 0. The van der Waals surface area contributed by atoms with E-state index < -0.39 is 5.91 Å². The smallest absolute Gasteiger partial charge is 0.278 e. The summed E-state index contributed by atoms with van der Waals surface area (Å²) in [6, 6.07) is 16.3. The van der Waals surface area contributed by atoms with E-state index in [9.17, 15) is 4.79 Å². The number of nitrogens with zero attached hydrogens (tertiary/aromatic N) is 2. The number of carbonyl (C=O) groups is 1. The zero-order valence-corrected chi connectivity index (χ0v) is 12.8. The molecule has 0 aliphatic heterocycles. The first kappa shape index (κ1) is 15.6. The quantitative estimate of drug-likeness (QED) is 0.685. The molecular weight excluding hydrogens is 304 g/mol. The van der Waals surface area contributed by atoms with Crippen molar-refractivity contribution in [2.45, 2.75) is 6.61 Å². The molecule has 3 rings (SSSR count). The van der Waals surface area contributed by atoms with Crippen LogP contribution in [0.5, 0.6) is 0 Å². The van der Waals surface area contributed by atoms with Gasteiger partial charge in [-0.3, -0.25) is 4.79 Å². The molecule has 3 aromatic rings. The van der Waals surface area contributed by atoms with Crippen LogP contribution in [0.3, 0.4) is 0 Å². The fraction of sp³-hybridized carbons (Fsp3) is 0.0556. The minimum absolute atomic E-state index is 0. The highest BCUT2D eigenvalue weighted by Crippen LogP contribution is 2.20. The van der Waals surface area contributed by atoms with Crippen molar-refractivity contribution >= 4 is 17.4 Å². The van der Waals surface area contributed by atoms with Crippen LogP contribution in [0, 0.1) is 0 Å². The highest BCUT2D eigenvalue weighted by molar-refractivity contribution is 6.05. The molecule has 0 radical (unpaired) electrons. The molecule has 0 unspecified atom stereocenters. The van der Waals surface area contributed by atoms with Gasteiger partial charge in [-0.15, -0.1) is 0 Å². The molecule has 0 saturated carbocycles. The van der Waals surface area contributed by atoms with Gasteiger partial charge in [-0.1, -0.05) is 42.5 Å². The molecule has 124 valence electrons. The predicted octanol–water partition coefficient (Wildman–Crippen LogP) is 2.96. The van der Waals surface area contributed by atoms with E-state index in [1.54, 1.807) is 24.3 Å². The normalized spacial score (nSPS) is 10.4. The summed E-state index contributed by atoms with van der Waals surface area (Å²) in [5.41, 5.74) is 8.64. The number of carbonyl (C=O) groups excluding carboxylic acids is 1. The molecule has 0 saturated heterocycles. The van der Waals surface area contributed by atoms with Gasteiger partial charge in [0.2, 0.25) is 0 Å². The van der Waals surface area contributed by atoms with Crippen molar-refractivity contribution in [2.24, 2.45) is 0 Å². The van der Waals surface area contributed by atoms with Crippen LogP contribution < -0.4 is 11.1 Å². The molecule has 6 heteroatoms. The molecule has 1 aromatic heterocycles. The van der Waals surface area contributed by atoms with E-state index in [0.717, 1.165) is 11.1 Å². The number of para-hydroxylation sites is 1. The number of benzene rings is 2. The maximum Gasteiger partial charge on any atom is 0.278 e. The van der Waals surface area contributed by atoms with Crippen molar-refractivity contribution in [3.63, 3.8) is 0 Å². The van der Waals surface area contributed by atoms with Gasteiger partial charge in [0.15, 0.2) is 11.5 Å². The highest BCUT2D eigenvalue weighted by Gasteiger charge is 2.15. The third kappa shape index (κ3) is 3.39. The second-order valence-electron chi connectivity index (χ2n) is 5.16. The van der Waals surface area contributed by atoms with Gasteiger partial charge >= 0.3 is 0 Å². The molecule has 0 aliphatic rings. The summed E-state index contributed by atoms with van der Waals surface area (Å²) in [6.07, 6.45) is 1.52. The first-order valence-electron chi connectivity index (χ1n) is 7.36. The molecule has 1 amide bonds. The predicted molar refractivity (Wildman–Crippen MR) is 96.4 cm³/mol. The van der Waals surface area contributed by atoms with E-state index in [1.165, 1.54) is 6.20 Å². The monoisotopic (exact) mass is 324 g/mol. The van der Waals surface area contributed by atoms with Crippen LogP contribution in [-0.4, -0.2) is 21.0 Å². The van der Waals surface area contributed by atoms with E-state index >= 15 is 0 Å². The summed E-state index contributed by atoms with van der Waals surface area (Å²) >= 11 is 0. The van der Waals surface area contributed by atoms with Crippen molar-refractivity contribution in [3.8, 4) is 11.3 Å². The largest absolute Gasteiger partial charge is 0.392 e. The number of hydrogen-bond donors (Lipinski definition) is 3. The van der Waals surface area contributed by atoms with Crippen LogP contribution in [0.2, 0.25) is 0 Å². The average Bonchev–Trinajstić information content (AvgIpc) is 2.63. The fourth-order valence-corrected chi connectivity index (χ4v) is 2.20. The number of nitrogens with two attached hydrogens (primary N) is 1. The van der Waals surface area contributed by atoms with Crippen LogP contribution in [-0.2, 0) is 6.61 Å². The van der Waals surface area contributed by atoms with Crippen molar-refractivity contribution in [3.05, 3.63) is 72.1 Å². The SMILES string of the molecule is Nc1ncc(-c2ccc(CO)cc2)nc1C(=O)Nc1ccccc1.[HH].[HH]. The molecule has 0 atom stereocenters. The Labute approximate surface area is 142 Å². The van der Waals surface area contributed by atoms with Crippen LogP contribution in [0.15, 0.2) is 60.8 Å². The van der Waals surface area contributed by atoms with E-state index in [1.807, 2.05) is 30.3 Å². The molecule has 0 fully saturated rings. The van der Waals surface area contributed by atoms with E-state index in [2.05, 4.69) is 15.3 Å². The molecule has 6 nitrogen and oxygen atoms in total. The van der Waals surface area contributed by atoms with Crippen LogP contribution in [0.25, 0.3) is 11.3 Å². The topological polar surface area (TPSA) is 101 Å². The van der Waals surface area contributed by atoms with Gasteiger partial charge in [0, 0.05) is 14.1 Å². The van der Waals surface area contributed by atoms with Crippen LogP contribution in [0.4, 0.5) is 11.5 Å². The maximum absolute atomic E-state index is 12.4. The third-order valence-corrected chi connectivity index (χ3v) is 3.48. The third-order valence-electron chi connectivity index (χ3n) is 3.48. The Morgan fingerprint density at radius 3 is 2.50 bits per heavy atom. The lowest BCUT2D eigenvalue weighted by atomic mass is 10.1. The Bertz CT molecular complexity index is 859. The Balaban J connectivity index is 0.00000169. The maximum atomic E-state index is 12.4. The molecule has 24 heavy (non-hydrogen) atoms. The summed E-state index contributed by atoms with van der Waals surface area (Å²) in [4.78, 5) is 20.8. The van der Waals surface area contributed by atoms with Gasteiger partial charge in [-0.05, 0) is 17.7 Å². The van der Waals surface area contributed by atoms with Gasteiger partial charge in [0.25, 0.3) is 5.91 Å². The minimum atomic E-state index is -0.417. The fourth-order valence-electron chi connectivity index (χ4n) is 2.20. The molecule has 1 heterocycles. The Morgan fingerprint density at radius 1 is 1.12 bits per heavy atom. The Hall–Kier alpha value is -3.25. The number of nitrogen functional groups attached to an aromatic ring is 1. The van der Waals surface area contributed by atoms with Crippen LogP contribution in [0.1, 0.15) is 18.9 Å². The van der Waals surface area contributed by atoms with Crippen molar-refractivity contribution < 1.29 is 12.8 Å². The number of hydrogen-bond acceptors (Lipinski definition) is 5. The van der Waals surface area contributed by atoms with E-state index in [4.69, 9.17) is 10.8 Å². The number of rotatable bonds is 4. The lowest BCUT2D eigenvalue weighted by Gasteiger charge is -2.08.